The van der Waals surface area contributed by atoms with Crippen LogP contribution in [0.5, 0.6) is 0 Å². The Morgan fingerprint density at radius 1 is 1.36 bits per heavy atom. The molecule has 0 saturated heterocycles. The summed E-state index contributed by atoms with van der Waals surface area (Å²) in [6, 6.07) is 8.11. The van der Waals surface area contributed by atoms with Crippen molar-refractivity contribution >= 4 is 46.6 Å². The average Bonchev–Trinajstić information content (AvgIpc) is 3.09. The molecule has 8 heteroatoms. The van der Waals surface area contributed by atoms with E-state index in [1.807, 2.05) is 18.4 Å². The molecular formula is C17H16N2O4S2. The molecule has 2 unspecified atom stereocenters. The number of thiophene rings is 1. The first-order valence-corrected chi connectivity index (χ1v) is 9.37. The zero-order valence-corrected chi connectivity index (χ0v) is 14.9. The fourth-order valence-corrected chi connectivity index (χ4v) is 4.19. The zero-order chi connectivity index (χ0) is 18.0. The van der Waals surface area contributed by atoms with E-state index < -0.39 is 12.0 Å². The van der Waals surface area contributed by atoms with Gasteiger partial charge >= 0.3 is 5.97 Å². The molecule has 130 valence electrons. The summed E-state index contributed by atoms with van der Waals surface area (Å²) in [6.45, 7) is 1.82. The van der Waals surface area contributed by atoms with Crippen LogP contribution in [0, 0.1) is 0 Å². The van der Waals surface area contributed by atoms with Crippen molar-refractivity contribution in [3.8, 4) is 0 Å². The van der Waals surface area contributed by atoms with E-state index in [0.717, 1.165) is 9.77 Å². The SMILES string of the molecule is CC1Sc2ccc(C(=O)NC(CC(=O)O)c3cccs3)cc2NC1=O. The van der Waals surface area contributed by atoms with Gasteiger partial charge in [0.25, 0.3) is 5.91 Å². The fraction of sp³-hybridized carbons (Fsp3) is 0.235. The van der Waals surface area contributed by atoms with E-state index in [1.54, 1.807) is 24.3 Å². The van der Waals surface area contributed by atoms with E-state index in [0.29, 0.717) is 11.3 Å². The number of amides is 2. The number of benzene rings is 1. The van der Waals surface area contributed by atoms with Crippen molar-refractivity contribution in [2.75, 3.05) is 5.32 Å². The minimum atomic E-state index is -0.984. The maximum absolute atomic E-state index is 12.5. The highest BCUT2D eigenvalue weighted by molar-refractivity contribution is 8.00. The minimum Gasteiger partial charge on any atom is -0.481 e. The van der Waals surface area contributed by atoms with Crippen LogP contribution in [0.2, 0.25) is 0 Å². The van der Waals surface area contributed by atoms with Gasteiger partial charge in [-0.3, -0.25) is 14.4 Å². The van der Waals surface area contributed by atoms with Crippen LogP contribution in [-0.4, -0.2) is 28.1 Å². The molecular weight excluding hydrogens is 360 g/mol. The number of rotatable bonds is 5. The van der Waals surface area contributed by atoms with Gasteiger partial charge in [-0.2, -0.15) is 0 Å². The van der Waals surface area contributed by atoms with Crippen molar-refractivity contribution < 1.29 is 19.5 Å². The predicted molar refractivity (Wildman–Crippen MR) is 97.2 cm³/mol. The lowest BCUT2D eigenvalue weighted by molar-refractivity contribution is -0.137. The number of aliphatic carboxylic acids is 1. The van der Waals surface area contributed by atoms with Gasteiger partial charge in [-0.25, -0.2) is 0 Å². The molecule has 2 atom stereocenters. The van der Waals surface area contributed by atoms with E-state index in [1.165, 1.54) is 23.1 Å². The Bertz CT molecular complexity index is 820. The van der Waals surface area contributed by atoms with Gasteiger partial charge in [-0.1, -0.05) is 6.07 Å². The number of carboxylic acids is 1. The van der Waals surface area contributed by atoms with Gasteiger partial charge in [0, 0.05) is 15.3 Å². The summed E-state index contributed by atoms with van der Waals surface area (Å²) in [5.74, 6) is -1.46. The van der Waals surface area contributed by atoms with Crippen molar-refractivity contribution in [1.29, 1.82) is 0 Å². The highest BCUT2D eigenvalue weighted by Gasteiger charge is 2.25. The Hall–Kier alpha value is -2.32. The number of carbonyl (C=O) groups is 3. The summed E-state index contributed by atoms with van der Waals surface area (Å²) in [5.41, 5.74) is 0.979. The number of carbonyl (C=O) groups excluding carboxylic acids is 2. The average molecular weight is 376 g/mol. The number of hydrogen-bond donors (Lipinski definition) is 3. The molecule has 0 radical (unpaired) electrons. The van der Waals surface area contributed by atoms with Crippen LogP contribution in [0.15, 0.2) is 40.6 Å². The highest BCUT2D eigenvalue weighted by atomic mass is 32.2. The fourth-order valence-electron chi connectivity index (χ4n) is 2.48. The number of thioether (sulfide) groups is 1. The van der Waals surface area contributed by atoms with Crippen molar-refractivity contribution in [2.45, 2.75) is 29.5 Å². The molecule has 25 heavy (non-hydrogen) atoms. The molecule has 0 saturated carbocycles. The third-order valence-corrected chi connectivity index (χ3v) is 5.91. The van der Waals surface area contributed by atoms with Crippen LogP contribution in [-0.2, 0) is 9.59 Å². The predicted octanol–water partition coefficient (Wildman–Crippen LogP) is 3.13. The Balaban J connectivity index is 1.79. The quantitative estimate of drug-likeness (QED) is 0.745. The Labute approximate surface area is 152 Å². The van der Waals surface area contributed by atoms with Crippen molar-refractivity contribution in [1.82, 2.24) is 5.32 Å². The van der Waals surface area contributed by atoms with Gasteiger partial charge < -0.3 is 15.7 Å². The van der Waals surface area contributed by atoms with Gasteiger partial charge in [0.05, 0.1) is 23.4 Å². The third kappa shape index (κ3) is 4.02. The molecule has 0 fully saturated rings. The van der Waals surface area contributed by atoms with Crippen LogP contribution >= 0.6 is 23.1 Å². The lowest BCUT2D eigenvalue weighted by Crippen LogP contribution is -2.30. The summed E-state index contributed by atoms with van der Waals surface area (Å²) >= 11 is 2.84. The molecule has 6 nitrogen and oxygen atoms in total. The molecule has 0 spiro atoms. The molecule has 2 amide bonds. The van der Waals surface area contributed by atoms with E-state index in [4.69, 9.17) is 5.11 Å². The topological polar surface area (TPSA) is 95.5 Å². The number of hydrogen-bond acceptors (Lipinski definition) is 5. The summed E-state index contributed by atoms with van der Waals surface area (Å²) in [6.07, 6.45) is -0.193. The normalized spacial score (nSPS) is 17.3. The van der Waals surface area contributed by atoms with Crippen molar-refractivity contribution in [2.24, 2.45) is 0 Å². The molecule has 1 aromatic heterocycles. The Kier molecular flexibility index (Phi) is 5.10. The molecule has 1 aliphatic rings. The molecule has 2 heterocycles. The van der Waals surface area contributed by atoms with Gasteiger partial charge in [0.2, 0.25) is 5.91 Å². The van der Waals surface area contributed by atoms with Crippen LogP contribution in [0.1, 0.15) is 34.6 Å². The van der Waals surface area contributed by atoms with E-state index in [-0.39, 0.29) is 23.5 Å². The Morgan fingerprint density at radius 2 is 2.16 bits per heavy atom. The van der Waals surface area contributed by atoms with Gasteiger partial charge in [0.15, 0.2) is 0 Å². The zero-order valence-electron chi connectivity index (χ0n) is 13.3. The first kappa shape index (κ1) is 17.5. The summed E-state index contributed by atoms with van der Waals surface area (Å²) in [7, 11) is 0. The van der Waals surface area contributed by atoms with Crippen LogP contribution < -0.4 is 10.6 Å². The van der Waals surface area contributed by atoms with E-state index >= 15 is 0 Å². The summed E-state index contributed by atoms with van der Waals surface area (Å²) in [4.78, 5) is 37.1. The largest absolute Gasteiger partial charge is 0.481 e. The number of nitrogens with one attached hydrogen (secondary N) is 2. The lowest BCUT2D eigenvalue weighted by Gasteiger charge is -2.22. The van der Waals surface area contributed by atoms with Crippen LogP contribution in [0.4, 0.5) is 5.69 Å². The molecule has 1 aliphatic heterocycles. The minimum absolute atomic E-state index is 0.0996. The molecule has 0 bridgehead atoms. The highest BCUT2D eigenvalue weighted by Crippen LogP contribution is 2.36. The maximum atomic E-state index is 12.5. The van der Waals surface area contributed by atoms with Gasteiger partial charge in [-0.15, -0.1) is 23.1 Å². The molecule has 0 aliphatic carbocycles. The molecule has 2 aromatic rings. The summed E-state index contributed by atoms with van der Waals surface area (Å²) in [5, 5.41) is 16.3. The van der Waals surface area contributed by atoms with Gasteiger partial charge in [-0.05, 0) is 36.6 Å². The van der Waals surface area contributed by atoms with E-state index in [2.05, 4.69) is 10.6 Å². The molecule has 1 aromatic carbocycles. The van der Waals surface area contributed by atoms with Crippen molar-refractivity contribution in [3.63, 3.8) is 0 Å². The number of carboxylic acid groups (broad SMARTS) is 1. The Morgan fingerprint density at radius 3 is 2.84 bits per heavy atom. The van der Waals surface area contributed by atoms with Crippen LogP contribution in [0.25, 0.3) is 0 Å². The second-order valence-corrected chi connectivity index (χ2v) is 7.96. The first-order chi connectivity index (χ1) is 11.9. The summed E-state index contributed by atoms with van der Waals surface area (Å²) < 4.78 is 0. The second-order valence-electron chi connectivity index (χ2n) is 5.60. The monoisotopic (exact) mass is 376 g/mol. The number of fused-ring (bicyclic) bond motifs is 1. The van der Waals surface area contributed by atoms with E-state index in [9.17, 15) is 14.4 Å². The standard InChI is InChI=1S/C17H16N2O4S2/c1-9-16(22)18-11-7-10(4-5-14(11)25-9)17(23)19-12(8-15(20)21)13-3-2-6-24-13/h2-7,9,12H,8H2,1H3,(H,18,22)(H,19,23)(H,20,21). The molecule has 3 N–H and O–H groups in total. The molecule has 3 rings (SSSR count). The lowest BCUT2D eigenvalue weighted by atomic mass is 10.1. The van der Waals surface area contributed by atoms with Gasteiger partial charge in [0.1, 0.15) is 0 Å². The van der Waals surface area contributed by atoms with Crippen LogP contribution in [0.3, 0.4) is 0 Å². The second kappa shape index (κ2) is 7.28. The third-order valence-electron chi connectivity index (χ3n) is 3.74. The van der Waals surface area contributed by atoms with Crippen molar-refractivity contribution in [3.05, 3.63) is 46.2 Å². The maximum Gasteiger partial charge on any atom is 0.305 e. The number of anilines is 1. The smallest absolute Gasteiger partial charge is 0.305 e. The first-order valence-electron chi connectivity index (χ1n) is 7.61.